The molecule has 3 aromatic heterocycles. The predicted molar refractivity (Wildman–Crippen MR) is 120 cm³/mol. The largest absolute Gasteiger partial charge is 0.371 e. The molecule has 1 atom stereocenters. The number of nitrogens with zero attached hydrogens (tertiary/aromatic N) is 5. The van der Waals surface area contributed by atoms with Gasteiger partial charge < -0.3 is 5.11 Å². The first kappa shape index (κ1) is 22.4. The van der Waals surface area contributed by atoms with Crippen molar-refractivity contribution in [3.63, 3.8) is 0 Å². The number of fused-ring (bicyclic) bond motifs is 1. The van der Waals surface area contributed by atoms with Gasteiger partial charge >= 0.3 is 5.69 Å². The third kappa shape index (κ3) is 3.70. The van der Waals surface area contributed by atoms with Gasteiger partial charge in [-0.25, -0.2) is 4.79 Å². The highest BCUT2D eigenvalue weighted by Gasteiger charge is 2.35. The molecule has 0 aromatic carbocycles. The van der Waals surface area contributed by atoms with Gasteiger partial charge in [-0.3, -0.25) is 28.2 Å². The molecular formula is C21H27N5O5S. The summed E-state index contributed by atoms with van der Waals surface area (Å²) in [5.74, 6) is -0.442. The number of amides is 1. The summed E-state index contributed by atoms with van der Waals surface area (Å²) >= 11 is 1.23. The van der Waals surface area contributed by atoms with E-state index in [1.807, 2.05) is 33.8 Å². The van der Waals surface area contributed by atoms with Gasteiger partial charge in [0.05, 0.1) is 29.8 Å². The fourth-order valence-electron chi connectivity index (χ4n) is 3.97. The van der Waals surface area contributed by atoms with Crippen LogP contribution >= 0.6 is 11.3 Å². The fraction of sp³-hybridized carbons (Fsp3) is 0.524. The summed E-state index contributed by atoms with van der Waals surface area (Å²) in [4.78, 5) is 46.0. The maximum absolute atomic E-state index is 13.5. The molecule has 4 heterocycles. The molecule has 1 unspecified atom stereocenters. The van der Waals surface area contributed by atoms with E-state index in [-0.39, 0.29) is 36.4 Å². The highest BCUT2D eigenvalue weighted by Crippen LogP contribution is 2.32. The lowest BCUT2D eigenvalue weighted by molar-refractivity contribution is -0.141. The normalized spacial score (nSPS) is 16.6. The number of carbonyl (C=O) groups excluding carboxylic acids is 1. The second kappa shape index (κ2) is 8.30. The van der Waals surface area contributed by atoms with E-state index in [1.165, 1.54) is 18.4 Å². The van der Waals surface area contributed by atoms with Crippen molar-refractivity contribution in [2.45, 2.75) is 53.4 Å². The summed E-state index contributed by atoms with van der Waals surface area (Å²) in [5, 5.41) is 15.8. The third-order valence-electron chi connectivity index (χ3n) is 5.48. The van der Waals surface area contributed by atoms with Gasteiger partial charge in [0, 0.05) is 30.6 Å². The molecule has 0 saturated carbocycles. The number of hydrogen-bond acceptors (Lipinski definition) is 7. The van der Waals surface area contributed by atoms with E-state index >= 15 is 0 Å². The minimum atomic E-state index is -1.09. The zero-order valence-electron chi connectivity index (χ0n) is 18.8. The van der Waals surface area contributed by atoms with Crippen LogP contribution in [0.5, 0.6) is 0 Å². The first-order valence-corrected chi connectivity index (χ1v) is 11.3. The van der Waals surface area contributed by atoms with Crippen LogP contribution in [0.25, 0.3) is 10.2 Å². The molecule has 1 aliphatic rings. The molecule has 1 fully saturated rings. The Kier molecular flexibility index (Phi) is 5.82. The summed E-state index contributed by atoms with van der Waals surface area (Å²) in [6.45, 7) is 8.62. The average Bonchev–Trinajstić information content (AvgIpc) is 3.40. The van der Waals surface area contributed by atoms with Crippen molar-refractivity contribution in [1.29, 1.82) is 0 Å². The van der Waals surface area contributed by atoms with E-state index in [2.05, 4.69) is 5.10 Å². The SMILES string of the molecule is Cc1cc(C)n(Cc2sc3c(c2C(=O)N2OCCC2O)c(=O)n(C)c(=O)n3CC(C)C)n1. The maximum Gasteiger partial charge on any atom is 0.331 e. The van der Waals surface area contributed by atoms with E-state index in [0.29, 0.717) is 16.3 Å². The second-order valence-corrected chi connectivity index (χ2v) is 9.63. The zero-order valence-corrected chi connectivity index (χ0v) is 19.6. The first-order valence-electron chi connectivity index (χ1n) is 10.5. The van der Waals surface area contributed by atoms with Crippen LogP contribution in [0, 0.1) is 19.8 Å². The number of aryl methyl sites for hydroxylation is 2. The molecule has 1 saturated heterocycles. The van der Waals surface area contributed by atoms with Crippen LogP contribution in [0.3, 0.4) is 0 Å². The van der Waals surface area contributed by atoms with Crippen LogP contribution in [0.2, 0.25) is 0 Å². The standard InChI is InChI=1S/C21H27N5O5S/c1-11(2)9-24-20-17(18(28)23(5)21(24)30)16(19(29)26-15(27)6-7-31-26)14(32-20)10-25-13(4)8-12(3)22-25/h8,11,15,27H,6-7,9-10H2,1-5H3. The summed E-state index contributed by atoms with van der Waals surface area (Å²) in [6.07, 6.45) is -0.805. The topological polar surface area (TPSA) is 112 Å². The van der Waals surface area contributed by atoms with E-state index in [1.54, 1.807) is 9.25 Å². The molecule has 4 rings (SSSR count). The van der Waals surface area contributed by atoms with Crippen LogP contribution in [-0.4, -0.2) is 47.8 Å². The number of thiophene rings is 1. The number of aromatic nitrogens is 4. The molecule has 11 heteroatoms. The van der Waals surface area contributed by atoms with E-state index in [0.717, 1.165) is 21.0 Å². The van der Waals surface area contributed by atoms with Gasteiger partial charge in [-0.1, -0.05) is 13.8 Å². The lowest BCUT2D eigenvalue weighted by Gasteiger charge is -2.19. The van der Waals surface area contributed by atoms with Crippen molar-refractivity contribution < 1.29 is 14.7 Å². The van der Waals surface area contributed by atoms with Gasteiger partial charge in [0.25, 0.3) is 11.5 Å². The Morgan fingerprint density at radius 2 is 2.06 bits per heavy atom. The van der Waals surface area contributed by atoms with Gasteiger partial charge in [-0.05, 0) is 25.8 Å². The minimum Gasteiger partial charge on any atom is -0.371 e. The van der Waals surface area contributed by atoms with Crippen LogP contribution < -0.4 is 11.2 Å². The van der Waals surface area contributed by atoms with Crippen LogP contribution in [0.15, 0.2) is 15.7 Å². The molecule has 32 heavy (non-hydrogen) atoms. The molecule has 10 nitrogen and oxygen atoms in total. The summed E-state index contributed by atoms with van der Waals surface area (Å²) in [6, 6.07) is 1.93. The Balaban J connectivity index is 2.01. The third-order valence-corrected chi connectivity index (χ3v) is 6.68. The summed E-state index contributed by atoms with van der Waals surface area (Å²) < 4.78 is 4.34. The van der Waals surface area contributed by atoms with Gasteiger partial charge in [0.15, 0.2) is 6.23 Å². The van der Waals surface area contributed by atoms with Crippen molar-refractivity contribution in [2.75, 3.05) is 6.61 Å². The monoisotopic (exact) mass is 461 g/mol. The van der Waals surface area contributed by atoms with E-state index < -0.39 is 23.4 Å². The van der Waals surface area contributed by atoms with Crippen molar-refractivity contribution in [1.82, 2.24) is 24.0 Å². The smallest absolute Gasteiger partial charge is 0.331 e. The average molecular weight is 462 g/mol. The second-order valence-electron chi connectivity index (χ2n) is 8.55. The molecule has 1 amide bonds. The molecular weight excluding hydrogens is 434 g/mol. The summed E-state index contributed by atoms with van der Waals surface area (Å²) in [7, 11) is 1.41. The fourth-order valence-corrected chi connectivity index (χ4v) is 5.24. The van der Waals surface area contributed by atoms with Crippen molar-refractivity contribution in [3.8, 4) is 0 Å². The lowest BCUT2D eigenvalue weighted by atomic mass is 10.1. The number of hydroxylamine groups is 2. The van der Waals surface area contributed by atoms with E-state index in [4.69, 9.17) is 4.84 Å². The summed E-state index contributed by atoms with van der Waals surface area (Å²) in [5.41, 5.74) is 0.923. The Bertz CT molecular complexity index is 1310. The molecule has 172 valence electrons. The Morgan fingerprint density at radius 1 is 1.34 bits per heavy atom. The molecule has 1 aliphatic heterocycles. The molecule has 0 bridgehead atoms. The quantitative estimate of drug-likeness (QED) is 0.614. The molecule has 0 radical (unpaired) electrons. The molecule has 0 spiro atoms. The Hall–Kier alpha value is -2.76. The maximum atomic E-state index is 13.5. The van der Waals surface area contributed by atoms with Crippen molar-refractivity contribution in [2.24, 2.45) is 13.0 Å². The lowest BCUT2D eigenvalue weighted by Crippen LogP contribution is -2.40. The van der Waals surface area contributed by atoms with Gasteiger partial charge in [0.1, 0.15) is 4.83 Å². The minimum absolute atomic E-state index is 0.150. The number of rotatable bonds is 5. The number of hydrogen-bond donors (Lipinski definition) is 1. The van der Waals surface area contributed by atoms with Crippen molar-refractivity contribution >= 4 is 27.5 Å². The van der Waals surface area contributed by atoms with Crippen LogP contribution in [-0.2, 0) is 25.0 Å². The first-order chi connectivity index (χ1) is 15.1. The van der Waals surface area contributed by atoms with Gasteiger partial charge in [0.2, 0.25) is 0 Å². The highest BCUT2D eigenvalue weighted by molar-refractivity contribution is 7.19. The Morgan fingerprint density at radius 3 is 2.62 bits per heavy atom. The predicted octanol–water partition coefficient (Wildman–Crippen LogP) is 1.38. The number of aliphatic hydroxyl groups is 1. The zero-order chi connectivity index (χ0) is 23.3. The molecule has 1 N–H and O–H groups in total. The number of carbonyl (C=O) groups is 1. The number of aliphatic hydroxyl groups excluding tert-OH is 1. The molecule has 3 aromatic rings. The van der Waals surface area contributed by atoms with Crippen LogP contribution in [0.1, 0.15) is 46.9 Å². The highest BCUT2D eigenvalue weighted by atomic mass is 32.1. The Labute approximate surface area is 188 Å². The van der Waals surface area contributed by atoms with Crippen molar-refractivity contribution in [3.05, 3.63) is 48.7 Å². The van der Waals surface area contributed by atoms with Crippen LogP contribution in [0.4, 0.5) is 0 Å². The van der Waals surface area contributed by atoms with Gasteiger partial charge in [-0.15, -0.1) is 11.3 Å². The van der Waals surface area contributed by atoms with Gasteiger partial charge in [-0.2, -0.15) is 10.2 Å². The van der Waals surface area contributed by atoms with E-state index in [9.17, 15) is 19.5 Å². The molecule has 0 aliphatic carbocycles.